The van der Waals surface area contributed by atoms with Gasteiger partial charge in [-0.2, -0.15) is 0 Å². The SMILES string of the molecule is O=C(OCc1ccccc1)C1C2C=CC(C2)N1C(=O)OCc1ccccc1. The van der Waals surface area contributed by atoms with E-state index >= 15 is 0 Å². The molecule has 4 rings (SSSR count). The maximum Gasteiger partial charge on any atom is 0.411 e. The van der Waals surface area contributed by atoms with Crippen LogP contribution in [0.5, 0.6) is 0 Å². The van der Waals surface area contributed by atoms with Crippen molar-refractivity contribution in [1.29, 1.82) is 0 Å². The smallest absolute Gasteiger partial charge is 0.411 e. The lowest BCUT2D eigenvalue weighted by Crippen LogP contribution is -2.48. The zero-order valence-corrected chi connectivity index (χ0v) is 14.9. The third-order valence-electron chi connectivity index (χ3n) is 5.04. The third kappa shape index (κ3) is 3.72. The Bertz CT molecular complexity index is 764. The van der Waals surface area contributed by atoms with E-state index in [1.54, 1.807) is 0 Å². The normalized spacial score (nSPS) is 22.7. The number of rotatable bonds is 5. The summed E-state index contributed by atoms with van der Waals surface area (Å²) in [6, 6.07) is 18.3. The van der Waals surface area contributed by atoms with Gasteiger partial charge in [-0.3, -0.25) is 4.90 Å². The number of likely N-dealkylation sites (tertiary alicyclic amines) is 1. The van der Waals surface area contributed by atoms with Crippen LogP contribution in [-0.2, 0) is 27.5 Å². The lowest BCUT2D eigenvalue weighted by molar-refractivity contribution is -0.151. The van der Waals surface area contributed by atoms with Crippen molar-refractivity contribution < 1.29 is 19.1 Å². The molecule has 3 atom stereocenters. The highest BCUT2D eigenvalue weighted by molar-refractivity contribution is 5.84. The highest BCUT2D eigenvalue weighted by Gasteiger charge is 2.50. The van der Waals surface area contributed by atoms with Crippen molar-refractivity contribution in [3.8, 4) is 0 Å². The van der Waals surface area contributed by atoms with Crippen LogP contribution in [0.3, 0.4) is 0 Å². The average Bonchev–Trinajstić information content (AvgIpc) is 3.33. The Morgan fingerprint density at radius 1 is 0.852 bits per heavy atom. The minimum absolute atomic E-state index is 0.0115. The van der Waals surface area contributed by atoms with Crippen LogP contribution in [0.4, 0.5) is 4.79 Å². The number of esters is 1. The first-order valence-corrected chi connectivity index (χ1v) is 9.10. The molecule has 1 aliphatic carbocycles. The van der Waals surface area contributed by atoms with Gasteiger partial charge in [0.2, 0.25) is 0 Å². The number of benzene rings is 2. The molecule has 5 heteroatoms. The fourth-order valence-electron chi connectivity index (χ4n) is 3.71. The van der Waals surface area contributed by atoms with Crippen molar-refractivity contribution in [2.45, 2.75) is 31.7 Å². The van der Waals surface area contributed by atoms with Crippen LogP contribution in [0.1, 0.15) is 17.5 Å². The molecule has 1 amide bonds. The summed E-state index contributed by atoms with van der Waals surface area (Å²) < 4.78 is 10.9. The molecule has 138 valence electrons. The van der Waals surface area contributed by atoms with E-state index in [4.69, 9.17) is 9.47 Å². The first-order chi connectivity index (χ1) is 13.2. The van der Waals surface area contributed by atoms with Crippen molar-refractivity contribution in [3.05, 3.63) is 83.9 Å². The summed E-state index contributed by atoms with van der Waals surface area (Å²) in [5.41, 5.74) is 1.83. The Labute approximate surface area is 158 Å². The molecule has 0 radical (unpaired) electrons. The summed E-state index contributed by atoms with van der Waals surface area (Å²) in [4.78, 5) is 26.9. The molecular weight excluding hydrogens is 342 g/mol. The van der Waals surface area contributed by atoms with Gasteiger partial charge in [0.25, 0.3) is 0 Å². The summed E-state index contributed by atoms with van der Waals surface area (Å²) in [5.74, 6) is -0.394. The van der Waals surface area contributed by atoms with Gasteiger partial charge in [-0.25, -0.2) is 9.59 Å². The predicted octanol–water partition coefficient (Wildman–Crippen LogP) is 3.70. The van der Waals surface area contributed by atoms with Gasteiger partial charge in [0, 0.05) is 5.92 Å². The lowest BCUT2D eigenvalue weighted by atomic mass is 10.0. The van der Waals surface area contributed by atoms with Crippen LogP contribution < -0.4 is 0 Å². The number of hydrogen-bond acceptors (Lipinski definition) is 4. The molecule has 1 fully saturated rings. The van der Waals surface area contributed by atoms with Gasteiger partial charge in [0.1, 0.15) is 19.3 Å². The molecule has 0 aromatic heterocycles. The third-order valence-corrected chi connectivity index (χ3v) is 5.04. The van der Waals surface area contributed by atoms with E-state index in [-0.39, 0.29) is 31.1 Å². The summed E-state index contributed by atoms with van der Waals surface area (Å²) >= 11 is 0. The van der Waals surface area contributed by atoms with Crippen LogP contribution >= 0.6 is 0 Å². The van der Waals surface area contributed by atoms with Gasteiger partial charge >= 0.3 is 12.1 Å². The quantitative estimate of drug-likeness (QED) is 0.600. The van der Waals surface area contributed by atoms with Gasteiger partial charge < -0.3 is 9.47 Å². The number of ether oxygens (including phenoxy) is 2. The number of carbonyl (C=O) groups is 2. The van der Waals surface area contributed by atoms with E-state index < -0.39 is 12.1 Å². The summed E-state index contributed by atoms with van der Waals surface area (Å²) in [6.07, 6.45) is 4.23. The monoisotopic (exact) mass is 363 g/mol. The minimum atomic E-state index is -0.619. The fraction of sp³-hybridized carbons (Fsp3) is 0.273. The maximum atomic E-state index is 12.7. The number of fused-ring (bicyclic) bond motifs is 2. The molecule has 3 unspecified atom stereocenters. The maximum absolute atomic E-state index is 12.7. The molecule has 2 aromatic rings. The van der Waals surface area contributed by atoms with E-state index in [0.717, 1.165) is 17.5 Å². The van der Waals surface area contributed by atoms with Gasteiger partial charge in [0.15, 0.2) is 0 Å². The Hall–Kier alpha value is -3.08. The van der Waals surface area contributed by atoms with Crippen molar-refractivity contribution in [2.24, 2.45) is 5.92 Å². The predicted molar refractivity (Wildman–Crippen MR) is 99.5 cm³/mol. The molecule has 0 saturated carbocycles. The molecule has 2 aliphatic rings. The lowest BCUT2D eigenvalue weighted by Gasteiger charge is -2.30. The number of amides is 1. The molecule has 2 bridgehead atoms. The summed E-state index contributed by atoms with van der Waals surface area (Å²) in [6.45, 7) is 0.382. The zero-order valence-electron chi connectivity index (χ0n) is 14.9. The molecule has 5 nitrogen and oxygen atoms in total. The van der Waals surface area contributed by atoms with E-state index in [0.29, 0.717) is 0 Å². The second-order valence-electron chi connectivity index (χ2n) is 6.84. The van der Waals surface area contributed by atoms with Gasteiger partial charge in [-0.05, 0) is 17.5 Å². The van der Waals surface area contributed by atoms with Gasteiger partial charge in [-0.15, -0.1) is 0 Å². The topological polar surface area (TPSA) is 55.8 Å². The van der Waals surface area contributed by atoms with Crippen molar-refractivity contribution in [1.82, 2.24) is 4.90 Å². The van der Waals surface area contributed by atoms with E-state index in [2.05, 4.69) is 0 Å². The highest BCUT2D eigenvalue weighted by atomic mass is 16.6. The molecule has 2 aromatic carbocycles. The standard InChI is InChI=1S/C22H21NO4/c24-21(26-14-16-7-3-1-4-8-16)20-18-11-12-19(13-18)23(20)22(25)27-15-17-9-5-2-6-10-17/h1-12,18-20H,13-15H2. The van der Waals surface area contributed by atoms with Crippen molar-refractivity contribution in [2.75, 3.05) is 0 Å². The van der Waals surface area contributed by atoms with Gasteiger partial charge in [0.05, 0.1) is 6.04 Å². The number of carbonyl (C=O) groups excluding carboxylic acids is 2. The second kappa shape index (κ2) is 7.66. The Balaban J connectivity index is 1.40. The average molecular weight is 363 g/mol. The fourth-order valence-corrected chi connectivity index (χ4v) is 3.71. The largest absolute Gasteiger partial charge is 0.459 e. The molecule has 27 heavy (non-hydrogen) atoms. The van der Waals surface area contributed by atoms with Crippen molar-refractivity contribution in [3.63, 3.8) is 0 Å². The minimum Gasteiger partial charge on any atom is -0.459 e. The van der Waals surface area contributed by atoms with Crippen molar-refractivity contribution >= 4 is 12.1 Å². The molecule has 1 saturated heterocycles. The molecule has 0 spiro atoms. The Morgan fingerprint density at radius 3 is 2.07 bits per heavy atom. The van der Waals surface area contributed by atoms with Crippen LogP contribution in [0.25, 0.3) is 0 Å². The van der Waals surface area contributed by atoms with E-state index in [1.165, 1.54) is 4.90 Å². The second-order valence-corrected chi connectivity index (χ2v) is 6.84. The van der Waals surface area contributed by atoms with Crippen LogP contribution in [0, 0.1) is 5.92 Å². The first-order valence-electron chi connectivity index (χ1n) is 9.10. The number of hydrogen-bond donors (Lipinski definition) is 0. The zero-order chi connectivity index (χ0) is 18.6. The highest BCUT2D eigenvalue weighted by Crippen LogP contribution is 2.38. The summed E-state index contributed by atoms with van der Waals surface area (Å²) in [5, 5.41) is 0. The Morgan fingerprint density at radius 2 is 1.44 bits per heavy atom. The summed E-state index contributed by atoms with van der Waals surface area (Å²) in [7, 11) is 0. The van der Waals surface area contributed by atoms with E-state index in [9.17, 15) is 9.59 Å². The molecule has 0 N–H and O–H groups in total. The van der Waals surface area contributed by atoms with Gasteiger partial charge in [-0.1, -0.05) is 72.8 Å². The molecular formula is C22H21NO4. The van der Waals surface area contributed by atoms with Crippen LogP contribution in [0.2, 0.25) is 0 Å². The van der Waals surface area contributed by atoms with E-state index in [1.807, 2.05) is 72.8 Å². The molecule has 1 aliphatic heterocycles. The van der Waals surface area contributed by atoms with Crippen LogP contribution in [0.15, 0.2) is 72.8 Å². The number of nitrogens with zero attached hydrogens (tertiary/aromatic N) is 1. The first kappa shape index (κ1) is 17.3. The van der Waals surface area contributed by atoms with Crippen LogP contribution in [-0.4, -0.2) is 29.0 Å². The molecule has 1 heterocycles. The Kier molecular flexibility index (Phi) is 4.92.